The zero-order chi connectivity index (χ0) is 11.9. The number of hydrogen-bond donors (Lipinski definition) is 1. The van der Waals surface area contributed by atoms with Crippen LogP contribution in [-0.4, -0.2) is 37.6 Å². The highest BCUT2D eigenvalue weighted by Crippen LogP contribution is 2.28. The molecule has 2 fully saturated rings. The maximum Gasteiger partial charge on any atom is -0.000664 e. The molecular formula is C15H30N2. The molecule has 1 aliphatic carbocycles. The zero-order valence-corrected chi connectivity index (χ0v) is 11.6. The predicted molar refractivity (Wildman–Crippen MR) is 74.3 cm³/mol. The smallest absolute Gasteiger partial charge is 0.000664 e. The molecule has 1 saturated heterocycles. The number of likely N-dealkylation sites (tertiary alicyclic amines) is 1. The summed E-state index contributed by atoms with van der Waals surface area (Å²) in [5.74, 6) is 1.91. The molecule has 1 saturated carbocycles. The normalized spacial score (nSPS) is 30.9. The Bertz CT molecular complexity index is 199. The molecule has 0 bridgehead atoms. The molecule has 1 N–H and O–H groups in total. The van der Waals surface area contributed by atoms with Gasteiger partial charge in [-0.1, -0.05) is 26.2 Å². The summed E-state index contributed by atoms with van der Waals surface area (Å²) in [5, 5.41) is 3.68. The number of rotatable bonds is 6. The van der Waals surface area contributed by atoms with Gasteiger partial charge in [0.2, 0.25) is 0 Å². The Hall–Kier alpha value is -0.0800. The third-order valence-electron chi connectivity index (χ3n) is 4.72. The van der Waals surface area contributed by atoms with Crippen LogP contribution in [0, 0.1) is 11.8 Å². The highest BCUT2D eigenvalue weighted by Gasteiger charge is 2.20. The van der Waals surface area contributed by atoms with Gasteiger partial charge in [0, 0.05) is 0 Å². The van der Waals surface area contributed by atoms with E-state index in [4.69, 9.17) is 0 Å². The van der Waals surface area contributed by atoms with Gasteiger partial charge in [-0.3, -0.25) is 0 Å². The second kappa shape index (κ2) is 7.38. The van der Waals surface area contributed by atoms with Crippen molar-refractivity contribution < 1.29 is 0 Å². The van der Waals surface area contributed by atoms with Crippen LogP contribution in [0.3, 0.4) is 0 Å². The van der Waals surface area contributed by atoms with Gasteiger partial charge in [-0.25, -0.2) is 0 Å². The van der Waals surface area contributed by atoms with Crippen LogP contribution in [0.4, 0.5) is 0 Å². The van der Waals surface area contributed by atoms with Crippen LogP contribution in [0.1, 0.15) is 51.9 Å². The molecule has 100 valence electrons. The lowest BCUT2D eigenvalue weighted by molar-refractivity contribution is 0.246. The monoisotopic (exact) mass is 238 g/mol. The quantitative estimate of drug-likeness (QED) is 0.716. The minimum atomic E-state index is 0.954. The first-order valence-electron chi connectivity index (χ1n) is 7.79. The van der Waals surface area contributed by atoms with Crippen molar-refractivity contribution in [3.63, 3.8) is 0 Å². The van der Waals surface area contributed by atoms with Gasteiger partial charge >= 0.3 is 0 Å². The predicted octanol–water partition coefficient (Wildman–Crippen LogP) is 2.89. The summed E-state index contributed by atoms with van der Waals surface area (Å²) in [7, 11) is 0. The van der Waals surface area contributed by atoms with Gasteiger partial charge in [-0.05, 0) is 70.2 Å². The van der Waals surface area contributed by atoms with Gasteiger partial charge < -0.3 is 10.2 Å². The molecule has 0 spiro atoms. The molecule has 0 aromatic heterocycles. The zero-order valence-electron chi connectivity index (χ0n) is 11.6. The molecule has 0 aromatic rings. The first-order chi connectivity index (χ1) is 8.36. The van der Waals surface area contributed by atoms with Crippen molar-refractivity contribution in [3.8, 4) is 0 Å². The van der Waals surface area contributed by atoms with E-state index in [0.29, 0.717) is 0 Å². The van der Waals surface area contributed by atoms with E-state index in [-0.39, 0.29) is 0 Å². The molecule has 2 aliphatic rings. The Kier molecular flexibility index (Phi) is 5.79. The summed E-state index contributed by atoms with van der Waals surface area (Å²) in [6.07, 6.45) is 10.0. The second-order valence-electron chi connectivity index (χ2n) is 6.13. The third-order valence-corrected chi connectivity index (χ3v) is 4.72. The number of nitrogens with zero attached hydrogens (tertiary/aromatic N) is 1. The largest absolute Gasteiger partial charge is 0.316 e. The van der Waals surface area contributed by atoms with Gasteiger partial charge in [-0.15, -0.1) is 0 Å². The Balaban J connectivity index is 1.47. The van der Waals surface area contributed by atoms with Crippen LogP contribution in [-0.2, 0) is 0 Å². The van der Waals surface area contributed by atoms with Crippen LogP contribution in [0.25, 0.3) is 0 Å². The topological polar surface area (TPSA) is 15.3 Å². The van der Waals surface area contributed by atoms with Crippen molar-refractivity contribution in [2.75, 3.05) is 32.7 Å². The Labute approximate surface area is 107 Å². The maximum atomic E-state index is 3.68. The summed E-state index contributed by atoms with van der Waals surface area (Å²) in [4.78, 5) is 2.62. The van der Waals surface area contributed by atoms with Gasteiger partial charge in [-0.2, -0.15) is 0 Å². The molecule has 2 atom stereocenters. The second-order valence-corrected chi connectivity index (χ2v) is 6.13. The van der Waals surface area contributed by atoms with Crippen LogP contribution >= 0.6 is 0 Å². The van der Waals surface area contributed by atoms with Crippen LogP contribution in [0.15, 0.2) is 0 Å². The first-order valence-corrected chi connectivity index (χ1v) is 7.79. The summed E-state index contributed by atoms with van der Waals surface area (Å²) in [6, 6.07) is 0. The van der Waals surface area contributed by atoms with Crippen LogP contribution in [0.2, 0.25) is 0 Å². The van der Waals surface area contributed by atoms with Crippen LogP contribution in [0.5, 0.6) is 0 Å². The summed E-state index contributed by atoms with van der Waals surface area (Å²) >= 11 is 0. The van der Waals surface area contributed by atoms with Crippen molar-refractivity contribution in [3.05, 3.63) is 0 Å². The van der Waals surface area contributed by atoms with E-state index in [1.807, 2.05) is 0 Å². The molecule has 1 aliphatic heterocycles. The Morgan fingerprint density at radius 1 is 1.06 bits per heavy atom. The lowest BCUT2D eigenvalue weighted by Gasteiger charge is -2.29. The third kappa shape index (κ3) is 4.59. The van der Waals surface area contributed by atoms with Crippen molar-refractivity contribution in [1.82, 2.24) is 10.2 Å². The fourth-order valence-corrected chi connectivity index (χ4v) is 3.42. The molecule has 0 aromatic carbocycles. The highest BCUT2D eigenvalue weighted by atomic mass is 15.1. The Morgan fingerprint density at radius 3 is 2.59 bits per heavy atom. The lowest BCUT2D eigenvalue weighted by Crippen LogP contribution is -2.31. The molecule has 2 heteroatoms. The van der Waals surface area contributed by atoms with Gasteiger partial charge in [0.15, 0.2) is 0 Å². The molecule has 0 amide bonds. The van der Waals surface area contributed by atoms with E-state index in [1.54, 1.807) is 0 Å². The molecule has 1 heterocycles. The standard InChI is InChI=1S/C15H30N2/c1-14-7-2-3-8-15(14)13-16-9-6-12-17-10-4-5-11-17/h14-16H,2-13H2,1H3. The van der Waals surface area contributed by atoms with Crippen LogP contribution < -0.4 is 5.32 Å². The first kappa shape index (κ1) is 13.4. The van der Waals surface area contributed by atoms with E-state index in [1.165, 1.54) is 77.7 Å². The van der Waals surface area contributed by atoms with Crippen molar-refractivity contribution in [2.24, 2.45) is 11.8 Å². The molecule has 2 rings (SSSR count). The average Bonchev–Trinajstić information content (AvgIpc) is 2.84. The summed E-state index contributed by atoms with van der Waals surface area (Å²) in [5.41, 5.74) is 0. The van der Waals surface area contributed by atoms with E-state index in [9.17, 15) is 0 Å². The van der Waals surface area contributed by atoms with Crippen molar-refractivity contribution >= 4 is 0 Å². The lowest BCUT2D eigenvalue weighted by atomic mass is 9.80. The molecule has 2 unspecified atom stereocenters. The molecule has 0 radical (unpaired) electrons. The number of nitrogens with one attached hydrogen (secondary N) is 1. The summed E-state index contributed by atoms with van der Waals surface area (Å²) in [6.45, 7) is 8.93. The molecule has 2 nitrogen and oxygen atoms in total. The average molecular weight is 238 g/mol. The van der Waals surface area contributed by atoms with Gasteiger partial charge in [0.25, 0.3) is 0 Å². The van der Waals surface area contributed by atoms with Gasteiger partial charge in [0.05, 0.1) is 0 Å². The Morgan fingerprint density at radius 2 is 1.82 bits per heavy atom. The molecule has 17 heavy (non-hydrogen) atoms. The number of hydrogen-bond acceptors (Lipinski definition) is 2. The van der Waals surface area contributed by atoms with E-state index in [2.05, 4.69) is 17.1 Å². The van der Waals surface area contributed by atoms with E-state index < -0.39 is 0 Å². The fourth-order valence-electron chi connectivity index (χ4n) is 3.42. The van der Waals surface area contributed by atoms with Gasteiger partial charge in [0.1, 0.15) is 0 Å². The summed E-state index contributed by atoms with van der Waals surface area (Å²) < 4.78 is 0. The maximum absolute atomic E-state index is 3.68. The van der Waals surface area contributed by atoms with Crippen molar-refractivity contribution in [2.45, 2.75) is 51.9 Å². The van der Waals surface area contributed by atoms with E-state index >= 15 is 0 Å². The van der Waals surface area contributed by atoms with Crippen molar-refractivity contribution in [1.29, 1.82) is 0 Å². The van der Waals surface area contributed by atoms with E-state index in [0.717, 1.165) is 11.8 Å². The minimum absolute atomic E-state index is 0.954. The molecular weight excluding hydrogens is 208 g/mol. The highest BCUT2D eigenvalue weighted by molar-refractivity contribution is 4.74. The minimum Gasteiger partial charge on any atom is -0.316 e. The SMILES string of the molecule is CC1CCCCC1CNCCCN1CCCC1. The fraction of sp³-hybridized carbons (Fsp3) is 1.00.